The van der Waals surface area contributed by atoms with Crippen LogP contribution in [-0.2, 0) is 11.2 Å². The first-order valence-corrected chi connectivity index (χ1v) is 8.90. The highest BCUT2D eigenvalue weighted by Gasteiger charge is 2.21. The van der Waals surface area contributed by atoms with Crippen molar-refractivity contribution in [3.05, 3.63) is 59.9 Å². The summed E-state index contributed by atoms with van der Waals surface area (Å²) in [5.41, 5.74) is 1.05. The van der Waals surface area contributed by atoms with Gasteiger partial charge in [-0.05, 0) is 29.8 Å². The van der Waals surface area contributed by atoms with Gasteiger partial charge in [0.1, 0.15) is 17.2 Å². The molecule has 0 atom stereocenters. The predicted molar refractivity (Wildman–Crippen MR) is 103 cm³/mol. The highest BCUT2D eigenvalue weighted by Crippen LogP contribution is 2.36. The van der Waals surface area contributed by atoms with Crippen molar-refractivity contribution < 1.29 is 18.7 Å². The Morgan fingerprint density at radius 1 is 1.21 bits per heavy atom. The van der Waals surface area contributed by atoms with Crippen molar-refractivity contribution in [1.82, 2.24) is 20.2 Å². The molecule has 0 fully saturated rings. The molecular weight excluding hydrogens is 377 g/mol. The lowest BCUT2D eigenvalue weighted by Crippen LogP contribution is -2.11. The van der Waals surface area contributed by atoms with Gasteiger partial charge in [0, 0.05) is 18.0 Å². The number of anilines is 1. The van der Waals surface area contributed by atoms with Crippen LogP contribution in [0.3, 0.4) is 0 Å². The number of fused-ring (bicyclic) bond motifs is 1. The molecule has 0 aliphatic heterocycles. The van der Waals surface area contributed by atoms with Gasteiger partial charge in [-0.15, -0.1) is 10.2 Å². The molecule has 1 aromatic carbocycles. The Kier molecular flexibility index (Phi) is 4.86. The number of hydrogen-bond donors (Lipinski definition) is 2. The molecule has 1 amide bonds. The lowest BCUT2D eigenvalue weighted by Gasteiger charge is -2.10. The summed E-state index contributed by atoms with van der Waals surface area (Å²) in [6, 6.07) is 9.30. The molecule has 0 aliphatic carbocycles. The van der Waals surface area contributed by atoms with E-state index < -0.39 is 0 Å². The number of halogens is 1. The van der Waals surface area contributed by atoms with Gasteiger partial charge in [-0.3, -0.25) is 9.78 Å². The van der Waals surface area contributed by atoms with Crippen molar-refractivity contribution in [2.75, 3.05) is 5.32 Å². The van der Waals surface area contributed by atoms with Crippen molar-refractivity contribution in [2.24, 2.45) is 0 Å². The van der Waals surface area contributed by atoms with E-state index >= 15 is 0 Å². The molecule has 0 unspecified atom stereocenters. The second-order valence-corrected chi connectivity index (χ2v) is 6.26. The highest BCUT2D eigenvalue weighted by atomic mass is 19.1. The fraction of sp³-hybridized carbons (Fsp3) is 0.150. The molecule has 4 rings (SSSR count). The lowest BCUT2D eigenvalue weighted by atomic mass is 10.1. The van der Waals surface area contributed by atoms with Gasteiger partial charge in [-0.2, -0.15) is 0 Å². The normalized spacial score (nSPS) is 11.0. The molecule has 3 heterocycles. The maximum Gasteiger partial charge on any atom is 0.270 e. The first-order valence-electron chi connectivity index (χ1n) is 8.90. The number of benzene rings is 1. The molecular formula is C20H16FN5O3. The van der Waals surface area contributed by atoms with Crippen molar-refractivity contribution in [3.63, 3.8) is 0 Å². The Hall–Kier alpha value is -3.88. The Balaban J connectivity index is 1.73. The summed E-state index contributed by atoms with van der Waals surface area (Å²) >= 11 is 0. The summed E-state index contributed by atoms with van der Waals surface area (Å²) in [6.45, 7) is 1.72. The van der Waals surface area contributed by atoms with Crippen molar-refractivity contribution in [1.29, 1.82) is 0 Å². The molecule has 8 nitrogen and oxygen atoms in total. The SMILES string of the molecule is CCC(=O)Nc1nc(-c2nnc(Cc3ccc(F)cc3)o2)c(O)c2ncccc12. The summed E-state index contributed by atoms with van der Waals surface area (Å²) in [5, 5.41) is 21.7. The molecule has 0 spiro atoms. The van der Waals surface area contributed by atoms with Crippen LogP contribution >= 0.6 is 0 Å². The first kappa shape index (κ1) is 18.5. The van der Waals surface area contributed by atoms with Crippen molar-refractivity contribution in [3.8, 4) is 17.3 Å². The van der Waals surface area contributed by atoms with Gasteiger partial charge in [-0.25, -0.2) is 9.37 Å². The minimum absolute atomic E-state index is 0.0143. The van der Waals surface area contributed by atoms with Gasteiger partial charge in [0.05, 0.1) is 6.42 Å². The van der Waals surface area contributed by atoms with Crippen LogP contribution in [0.25, 0.3) is 22.5 Å². The minimum atomic E-state index is -0.334. The average Bonchev–Trinajstić information content (AvgIpc) is 3.20. The van der Waals surface area contributed by atoms with Crippen LogP contribution in [0.4, 0.5) is 10.2 Å². The number of hydrogen-bond acceptors (Lipinski definition) is 7. The molecule has 0 radical (unpaired) electrons. The summed E-state index contributed by atoms with van der Waals surface area (Å²) in [4.78, 5) is 20.4. The minimum Gasteiger partial charge on any atom is -0.504 e. The Bertz CT molecular complexity index is 1190. The van der Waals surface area contributed by atoms with Crippen LogP contribution in [0.5, 0.6) is 5.75 Å². The molecule has 0 saturated carbocycles. The van der Waals surface area contributed by atoms with Crippen LogP contribution in [0, 0.1) is 5.82 Å². The van der Waals surface area contributed by atoms with E-state index in [9.17, 15) is 14.3 Å². The highest BCUT2D eigenvalue weighted by molar-refractivity contribution is 6.02. The first-order chi connectivity index (χ1) is 14.0. The Morgan fingerprint density at radius 2 is 2.00 bits per heavy atom. The maximum absolute atomic E-state index is 13.1. The van der Waals surface area contributed by atoms with Crippen LogP contribution in [0.15, 0.2) is 47.0 Å². The zero-order valence-electron chi connectivity index (χ0n) is 15.4. The third kappa shape index (κ3) is 3.75. The Labute approximate surface area is 164 Å². The number of nitrogens with zero attached hydrogens (tertiary/aromatic N) is 4. The second kappa shape index (κ2) is 7.63. The van der Waals surface area contributed by atoms with E-state index in [-0.39, 0.29) is 52.7 Å². The van der Waals surface area contributed by atoms with E-state index in [4.69, 9.17) is 4.42 Å². The number of amides is 1. The standard InChI is InChI=1S/C20H16FN5O3/c1-2-14(27)23-19-13-4-3-9-22-16(13)18(28)17(24-19)20-26-25-15(29-20)10-11-5-7-12(21)8-6-11/h3-9,28H,2,10H2,1H3,(H,23,24,27). The molecule has 0 bridgehead atoms. The third-order valence-corrected chi connectivity index (χ3v) is 4.25. The van der Waals surface area contributed by atoms with Gasteiger partial charge in [0.25, 0.3) is 5.89 Å². The fourth-order valence-electron chi connectivity index (χ4n) is 2.78. The molecule has 9 heteroatoms. The molecule has 146 valence electrons. The summed E-state index contributed by atoms with van der Waals surface area (Å²) in [6.07, 6.45) is 2.08. The monoisotopic (exact) mass is 393 g/mol. The summed E-state index contributed by atoms with van der Waals surface area (Å²) in [7, 11) is 0. The molecule has 0 saturated heterocycles. The Morgan fingerprint density at radius 3 is 2.76 bits per heavy atom. The number of carbonyl (C=O) groups excluding carboxylic acids is 1. The van der Waals surface area contributed by atoms with Crippen LogP contribution in [0.1, 0.15) is 24.8 Å². The smallest absolute Gasteiger partial charge is 0.270 e. The zero-order chi connectivity index (χ0) is 20.4. The number of pyridine rings is 2. The van der Waals surface area contributed by atoms with E-state index in [2.05, 4.69) is 25.5 Å². The van der Waals surface area contributed by atoms with E-state index in [0.29, 0.717) is 11.8 Å². The number of nitrogens with one attached hydrogen (secondary N) is 1. The number of carbonyl (C=O) groups is 1. The average molecular weight is 393 g/mol. The van der Waals surface area contributed by atoms with E-state index in [0.717, 1.165) is 5.56 Å². The number of aromatic hydroxyl groups is 1. The fourth-order valence-corrected chi connectivity index (χ4v) is 2.78. The quantitative estimate of drug-likeness (QED) is 0.534. The van der Waals surface area contributed by atoms with E-state index in [1.54, 1.807) is 31.2 Å². The molecule has 29 heavy (non-hydrogen) atoms. The van der Waals surface area contributed by atoms with Crippen LogP contribution in [-0.4, -0.2) is 31.2 Å². The third-order valence-electron chi connectivity index (χ3n) is 4.25. The van der Waals surface area contributed by atoms with Crippen molar-refractivity contribution in [2.45, 2.75) is 19.8 Å². The lowest BCUT2D eigenvalue weighted by molar-refractivity contribution is -0.115. The number of rotatable bonds is 5. The van der Waals surface area contributed by atoms with Gasteiger partial charge in [-0.1, -0.05) is 19.1 Å². The van der Waals surface area contributed by atoms with Crippen LogP contribution in [0.2, 0.25) is 0 Å². The van der Waals surface area contributed by atoms with Crippen molar-refractivity contribution >= 4 is 22.6 Å². The maximum atomic E-state index is 13.1. The molecule has 0 aliphatic rings. The van der Waals surface area contributed by atoms with E-state index in [1.165, 1.54) is 18.3 Å². The molecule has 2 N–H and O–H groups in total. The van der Waals surface area contributed by atoms with Gasteiger partial charge < -0.3 is 14.8 Å². The summed E-state index contributed by atoms with van der Waals surface area (Å²) in [5.74, 6) is -0.299. The predicted octanol–water partition coefficient (Wildman–Crippen LogP) is 3.46. The van der Waals surface area contributed by atoms with Gasteiger partial charge >= 0.3 is 0 Å². The largest absolute Gasteiger partial charge is 0.504 e. The molecule has 4 aromatic rings. The van der Waals surface area contributed by atoms with Gasteiger partial charge in [0.15, 0.2) is 11.4 Å². The van der Waals surface area contributed by atoms with E-state index in [1.807, 2.05) is 0 Å². The van der Waals surface area contributed by atoms with Crippen LogP contribution < -0.4 is 5.32 Å². The topological polar surface area (TPSA) is 114 Å². The molecule has 3 aromatic heterocycles. The second-order valence-electron chi connectivity index (χ2n) is 6.26. The zero-order valence-corrected chi connectivity index (χ0v) is 15.4. The van der Waals surface area contributed by atoms with Gasteiger partial charge in [0.2, 0.25) is 11.8 Å². The number of aromatic nitrogens is 4. The summed E-state index contributed by atoms with van der Waals surface area (Å²) < 4.78 is 18.7.